The Balaban J connectivity index is 1.60. The molecule has 2 aromatic carbocycles. The van der Waals surface area contributed by atoms with Crippen LogP contribution in [0.25, 0.3) is 0 Å². The fourth-order valence-electron chi connectivity index (χ4n) is 2.48. The minimum atomic E-state index is 0.220. The van der Waals surface area contributed by atoms with Crippen LogP contribution in [0.4, 0.5) is 0 Å². The van der Waals surface area contributed by atoms with Gasteiger partial charge in [0.05, 0.1) is 12.9 Å². The molecular weight excluding hydrogens is 306 g/mol. The van der Waals surface area contributed by atoms with E-state index in [9.17, 15) is 4.79 Å². The highest BCUT2D eigenvalue weighted by atomic mass is 32.2. The number of hydrogen-bond acceptors (Lipinski definition) is 3. The van der Waals surface area contributed by atoms with E-state index in [2.05, 4.69) is 0 Å². The average molecular weight is 327 g/mol. The fraction of sp³-hybridized carbons (Fsp3) is 0.316. The largest absolute Gasteiger partial charge is 0.497 e. The summed E-state index contributed by atoms with van der Waals surface area (Å²) in [6.45, 7) is 0.683. The van der Waals surface area contributed by atoms with Crippen molar-refractivity contribution in [3.63, 3.8) is 0 Å². The lowest BCUT2D eigenvalue weighted by molar-refractivity contribution is -0.129. The number of thioether (sulfide) groups is 1. The van der Waals surface area contributed by atoms with Crippen LogP contribution in [0, 0.1) is 0 Å². The van der Waals surface area contributed by atoms with E-state index in [4.69, 9.17) is 4.74 Å². The Bertz CT molecular complexity index is 638. The number of amides is 1. The molecule has 4 heteroatoms. The Labute approximate surface area is 141 Å². The summed E-state index contributed by atoms with van der Waals surface area (Å²) in [4.78, 5) is 15.8. The number of benzene rings is 2. The monoisotopic (exact) mass is 327 g/mol. The molecule has 0 aliphatic heterocycles. The first-order valence-corrected chi connectivity index (χ1v) is 8.85. The van der Waals surface area contributed by atoms with Crippen molar-refractivity contribution in [3.05, 3.63) is 60.2 Å². The van der Waals surface area contributed by atoms with Crippen molar-refractivity contribution in [1.82, 2.24) is 4.90 Å². The van der Waals surface area contributed by atoms with Crippen molar-refractivity contribution in [3.8, 4) is 5.75 Å². The Kier molecular flexibility index (Phi) is 5.23. The van der Waals surface area contributed by atoms with Gasteiger partial charge < -0.3 is 9.64 Å². The second-order valence-corrected chi connectivity index (χ2v) is 6.75. The highest BCUT2D eigenvalue weighted by Crippen LogP contribution is 2.30. The van der Waals surface area contributed by atoms with Crippen LogP contribution in [0.15, 0.2) is 59.5 Å². The van der Waals surface area contributed by atoms with Gasteiger partial charge in [0.1, 0.15) is 5.75 Å². The molecule has 1 amide bonds. The zero-order valence-corrected chi connectivity index (χ0v) is 14.1. The van der Waals surface area contributed by atoms with Gasteiger partial charge in [0.15, 0.2) is 0 Å². The van der Waals surface area contributed by atoms with Gasteiger partial charge >= 0.3 is 0 Å². The maximum atomic E-state index is 12.6. The number of nitrogens with zero attached hydrogens (tertiary/aromatic N) is 1. The van der Waals surface area contributed by atoms with Gasteiger partial charge in [0.2, 0.25) is 5.91 Å². The summed E-state index contributed by atoms with van der Waals surface area (Å²) >= 11 is 1.61. The summed E-state index contributed by atoms with van der Waals surface area (Å²) in [5.41, 5.74) is 1.15. The van der Waals surface area contributed by atoms with E-state index in [1.807, 2.05) is 59.5 Å². The molecule has 0 radical (unpaired) electrons. The second kappa shape index (κ2) is 7.55. The molecule has 2 aromatic rings. The summed E-state index contributed by atoms with van der Waals surface area (Å²) in [6, 6.07) is 18.5. The predicted octanol–water partition coefficient (Wildman–Crippen LogP) is 3.98. The van der Waals surface area contributed by atoms with Crippen LogP contribution in [-0.2, 0) is 11.3 Å². The predicted molar refractivity (Wildman–Crippen MR) is 93.7 cm³/mol. The molecule has 0 spiro atoms. The number of ether oxygens (including phenoxy) is 1. The van der Waals surface area contributed by atoms with E-state index in [0.717, 1.165) is 29.1 Å². The molecule has 3 nitrogen and oxygen atoms in total. The van der Waals surface area contributed by atoms with Crippen molar-refractivity contribution < 1.29 is 9.53 Å². The SMILES string of the molecule is COc1ccc(CN(C(=O)CSc2ccccc2)C2CC2)cc1. The molecule has 0 bridgehead atoms. The Morgan fingerprint density at radius 1 is 1.13 bits per heavy atom. The molecular formula is C19H21NO2S. The molecule has 120 valence electrons. The maximum Gasteiger partial charge on any atom is 0.233 e. The van der Waals surface area contributed by atoms with E-state index >= 15 is 0 Å². The molecule has 1 aliphatic carbocycles. The molecule has 1 saturated carbocycles. The van der Waals surface area contributed by atoms with Crippen LogP contribution >= 0.6 is 11.8 Å². The molecule has 0 N–H and O–H groups in total. The normalized spacial score (nSPS) is 13.6. The van der Waals surface area contributed by atoms with Gasteiger partial charge in [-0.1, -0.05) is 30.3 Å². The van der Waals surface area contributed by atoms with Gasteiger partial charge in [0.25, 0.3) is 0 Å². The summed E-state index contributed by atoms with van der Waals surface area (Å²) in [5.74, 6) is 1.56. The van der Waals surface area contributed by atoms with Crippen molar-refractivity contribution in [2.75, 3.05) is 12.9 Å². The number of carbonyl (C=O) groups is 1. The van der Waals surface area contributed by atoms with Crippen molar-refractivity contribution in [2.45, 2.75) is 30.3 Å². The van der Waals surface area contributed by atoms with Gasteiger partial charge in [-0.2, -0.15) is 0 Å². The summed E-state index contributed by atoms with van der Waals surface area (Å²) in [6.07, 6.45) is 2.25. The molecule has 0 saturated heterocycles. The number of rotatable bonds is 7. The van der Waals surface area contributed by atoms with Crippen LogP contribution in [-0.4, -0.2) is 29.7 Å². The van der Waals surface area contributed by atoms with E-state index in [-0.39, 0.29) is 5.91 Å². The van der Waals surface area contributed by atoms with Gasteiger partial charge in [0, 0.05) is 17.5 Å². The molecule has 0 aromatic heterocycles. The van der Waals surface area contributed by atoms with Crippen molar-refractivity contribution >= 4 is 17.7 Å². The van der Waals surface area contributed by atoms with Crippen LogP contribution in [0.2, 0.25) is 0 Å². The van der Waals surface area contributed by atoms with Gasteiger partial charge in [-0.15, -0.1) is 11.8 Å². The quantitative estimate of drug-likeness (QED) is 0.721. The minimum absolute atomic E-state index is 0.220. The average Bonchev–Trinajstić information content (AvgIpc) is 3.44. The van der Waals surface area contributed by atoms with Gasteiger partial charge in [-0.05, 0) is 42.7 Å². The lowest BCUT2D eigenvalue weighted by Crippen LogP contribution is -2.33. The second-order valence-electron chi connectivity index (χ2n) is 5.70. The molecule has 1 aliphatic rings. The number of hydrogen-bond donors (Lipinski definition) is 0. The molecule has 0 atom stereocenters. The molecule has 0 heterocycles. The zero-order valence-electron chi connectivity index (χ0n) is 13.3. The van der Waals surface area contributed by atoms with Gasteiger partial charge in [-0.3, -0.25) is 4.79 Å². The summed E-state index contributed by atoms with van der Waals surface area (Å²) in [5, 5.41) is 0. The minimum Gasteiger partial charge on any atom is -0.497 e. The van der Waals surface area contributed by atoms with E-state index in [1.165, 1.54) is 0 Å². The summed E-state index contributed by atoms with van der Waals surface area (Å²) < 4.78 is 5.19. The van der Waals surface area contributed by atoms with Crippen molar-refractivity contribution in [2.24, 2.45) is 0 Å². The van der Waals surface area contributed by atoms with E-state index in [1.54, 1.807) is 18.9 Å². The lowest BCUT2D eigenvalue weighted by Gasteiger charge is -2.22. The molecule has 0 unspecified atom stereocenters. The zero-order chi connectivity index (χ0) is 16.1. The first kappa shape index (κ1) is 15.9. The smallest absolute Gasteiger partial charge is 0.233 e. The Morgan fingerprint density at radius 2 is 1.83 bits per heavy atom. The number of methoxy groups -OCH3 is 1. The highest BCUT2D eigenvalue weighted by Gasteiger charge is 2.32. The Hall–Kier alpha value is -1.94. The lowest BCUT2D eigenvalue weighted by atomic mass is 10.2. The third-order valence-electron chi connectivity index (χ3n) is 3.93. The van der Waals surface area contributed by atoms with E-state index < -0.39 is 0 Å². The summed E-state index contributed by atoms with van der Waals surface area (Å²) in [7, 11) is 1.66. The van der Waals surface area contributed by atoms with Crippen LogP contribution in [0.3, 0.4) is 0 Å². The van der Waals surface area contributed by atoms with Gasteiger partial charge in [-0.25, -0.2) is 0 Å². The highest BCUT2D eigenvalue weighted by molar-refractivity contribution is 8.00. The van der Waals surface area contributed by atoms with Crippen LogP contribution in [0.1, 0.15) is 18.4 Å². The topological polar surface area (TPSA) is 29.5 Å². The standard InChI is InChI=1S/C19H21NO2S/c1-22-17-11-7-15(8-12-17)13-20(16-9-10-16)19(21)14-23-18-5-3-2-4-6-18/h2-8,11-12,16H,9-10,13-14H2,1H3. The third-order valence-corrected chi connectivity index (χ3v) is 4.92. The molecule has 3 rings (SSSR count). The first-order valence-electron chi connectivity index (χ1n) is 7.86. The van der Waals surface area contributed by atoms with Crippen molar-refractivity contribution in [1.29, 1.82) is 0 Å². The third kappa shape index (κ3) is 4.52. The fourth-order valence-corrected chi connectivity index (χ4v) is 3.29. The Morgan fingerprint density at radius 3 is 2.43 bits per heavy atom. The van der Waals surface area contributed by atoms with Crippen LogP contribution in [0.5, 0.6) is 5.75 Å². The molecule has 23 heavy (non-hydrogen) atoms. The molecule has 1 fully saturated rings. The van der Waals surface area contributed by atoms with Crippen LogP contribution < -0.4 is 4.74 Å². The van der Waals surface area contributed by atoms with E-state index in [0.29, 0.717) is 18.3 Å². The number of carbonyl (C=O) groups excluding carboxylic acids is 1. The maximum absolute atomic E-state index is 12.6. The first-order chi connectivity index (χ1) is 11.3.